The normalized spacial score (nSPS) is 11.7. The van der Waals surface area contributed by atoms with Gasteiger partial charge in [0.25, 0.3) is 0 Å². The van der Waals surface area contributed by atoms with Gasteiger partial charge in [0, 0.05) is 49.0 Å². The second-order valence-corrected chi connectivity index (χ2v) is 10.8. The zero-order valence-corrected chi connectivity index (χ0v) is 23.0. The second kappa shape index (κ2) is 9.33. The van der Waals surface area contributed by atoms with Gasteiger partial charge in [-0.3, -0.25) is 0 Å². The van der Waals surface area contributed by atoms with Crippen LogP contribution in [0.3, 0.4) is 0 Å². The molecule has 0 aliphatic rings. The Morgan fingerprint density at radius 1 is 0.372 bits per heavy atom. The van der Waals surface area contributed by atoms with Crippen molar-refractivity contribution in [3.05, 3.63) is 140 Å². The largest absolute Gasteiger partial charge is 0.456 e. The van der Waals surface area contributed by atoms with Crippen LogP contribution in [0.25, 0.3) is 88.4 Å². The molecular weight excluding hydrogens is 526 g/mol. The summed E-state index contributed by atoms with van der Waals surface area (Å²) in [5.41, 5.74) is 8.53. The lowest BCUT2D eigenvalue weighted by atomic mass is 9.94. The van der Waals surface area contributed by atoms with E-state index in [0.717, 1.165) is 82.6 Å². The Morgan fingerprint density at radius 3 is 1.88 bits per heavy atom. The summed E-state index contributed by atoms with van der Waals surface area (Å²) < 4.78 is 6.35. The Labute approximate surface area is 246 Å². The average molecular weight is 550 g/mol. The Morgan fingerprint density at radius 2 is 1.05 bits per heavy atom. The molecule has 9 aromatic rings. The first kappa shape index (κ1) is 23.8. The molecule has 0 aliphatic heterocycles. The second-order valence-electron chi connectivity index (χ2n) is 10.8. The molecule has 0 N–H and O–H groups in total. The Balaban J connectivity index is 1.41. The molecule has 9 rings (SSSR count). The highest BCUT2D eigenvalue weighted by Gasteiger charge is 2.19. The molecule has 0 bridgehead atoms. The van der Waals surface area contributed by atoms with Crippen molar-refractivity contribution in [3.8, 4) is 33.9 Å². The van der Waals surface area contributed by atoms with Crippen LogP contribution in [0, 0.1) is 0 Å². The number of hydrogen-bond donors (Lipinski definition) is 0. The number of fused-ring (bicyclic) bond motifs is 8. The summed E-state index contributed by atoms with van der Waals surface area (Å²) in [4.78, 5) is 15.3. The molecule has 0 aliphatic carbocycles. The van der Waals surface area contributed by atoms with Crippen molar-refractivity contribution >= 4 is 54.5 Å². The van der Waals surface area contributed by atoms with Crippen LogP contribution in [0.1, 0.15) is 0 Å². The highest BCUT2D eigenvalue weighted by Crippen LogP contribution is 2.42. The van der Waals surface area contributed by atoms with E-state index in [9.17, 15) is 0 Å². The molecule has 4 nitrogen and oxygen atoms in total. The van der Waals surface area contributed by atoms with E-state index in [1.807, 2.05) is 48.5 Å². The van der Waals surface area contributed by atoms with Gasteiger partial charge in [-0.1, -0.05) is 103 Å². The van der Waals surface area contributed by atoms with Crippen molar-refractivity contribution in [2.75, 3.05) is 0 Å². The third-order valence-electron chi connectivity index (χ3n) is 8.25. The molecule has 0 radical (unpaired) electrons. The molecule has 0 atom stereocenters. The van der Waals surface area contributed by atoms with Crippen molar-refractivity contribution in [1.82, 2.24) is 15.0 Å². The minimum absolute atomic E-state index is 0.708. The maximum absolute atomic E-state index is 6.35. The predicted molar refractivity (Wildman–Crippen MR) is 176 cm³/mol. The summed E-state index contributed by atoms with van der Waals surface area (Å²) in [5, 5.41) is 6.50. The Kier molecular flexibility index (Phi) is 5.16. The molecule has 0 amide bonds. The topological polar surface area (TPSA) is 51.8 Å². The molecule has 0 unspecified atom stereocenters. The summed E-state index contributed by atoms with van der Waals surface area (Å²) >= 11 is 0. The van der Waals surface area contributed by atoms with E-state index < -0.39 is 0 Å². The fourth-order valence-corrected chi connectivity index (χ4v) is 6.28. The van der Waals surface area contributed by atoms with Crippen molar-refractivity contribution in [1.29, 1.82) is 0 Å². The van der Waals surface area contributed by atoms with Crippen molar-refractivity contribution in [2.45, 2.75) is 0 Å². The van der Waals surface area contributed by atoms with Crippen LogP contribution in [0.2, 0.25) is 0 Å². The predicted octanol–water partition coefficient (Wildman–Crippen LogP) is 10.2. The van der Waals surface area contributed by atoms with Crippen LogP contribution < -0.4 is 0 Å². The number of pyridine rings is 1. The minimum atomic E-state index is 0.708. The zero-order valence-electron chi connectivity index (χ0n) is 23.0. The van der Waals surface area contributed by atoms with Gasteiger partial charge in [0.1, 0.15) is 11.2 Å². The first-order chi connectivity index (χ1) is 21.3. The quantitative estimate of drug-likeness (QED) is 0.206. The van der Waals surface area contributed by atoms with Gasteiger partial charge in [-0.15, -0.1) is 0 Å². The van der Waals surface area contributed by atoms with E-state index in [0.29, 0.717) is 5.82 Å². The van der Waals surface area contributed by atoms with Gasteiger partial charge >= 0.3 is 0 Å². The van der Waals surface area contributed by atoms with E-state index in [4.69, 9.17) is 19.4 Å². The van der Waals surface area contributed by atoms with Gasteiger partial charge in [-0.05, 0) is 36.4 Å². The molecule has 4 heteroatoms. The van der Waals surface area contributed by atoms with Gasteiger partial charge in [-0.25, -0.2) is 15.0 Å². The van der Waals surface area contributed by atoms with E-state index >= 15 is 0 Å². The number of aromatic nitrogens is 3. The van der Waals surface area contributed by atoms with Gasteiger partial charge < -0.3 is 4.42 Å². The first-order valence-corrected chi connectivity index (χ1v) is 14.4. The fourth-order valence-electron chi connectivity index (χ4n) is 6.28. The zero-order chi connectivity index (χ0) is 28.3. The summed E-state index contributed by atoms with van der Waals surface area (Å²) in [7, 11) is 0. The molecule has 0 spiro atoms. The molecule has 200 valence electrons. The average Bonchev–Trinajstić information content (AvgIpc) is 3.47. The third-order valence-corrected chi connectivity index (χ3v) is 8.25. The molecule has 3 aromatic heterocycles. The standard InChI is InChI=1S/C39H23N3O/c1-3-11-24(12-4-1)37-29-20-22-34-36(28-16-8-10-18-33(28)43-34)35(29)30-23-26(19-21-32(30)40-37)38-27-15-7-9-17-31(27)41-39(42-38)25-13-5-2-6-14-25/h1-23H. The highest BCUT2D eigenvalue weighted by molar-refractivity contribution is 6.28. The van der Waals surface area contributed by atoms with Crippen LogP contribution in [-0.4, -0.2) is 15.0 Å². The maximum atomic E-state index is 6.35. The Bertz CT molecular complexity index is 2500. The van der Waals surface area contributed by atoms with Gasteiger partial charge in [0.05, 0.1) is 22.4 Å². The smallest absolute Gasteiger partial charge is 0.160 e. The van der Waals surface area contributed by atoms with Crippen LogP contribution in [0.15, 0.2) is 144 Å². The number of para-hydroxylation sites is 2. The van der Waals surface area contributed by atoms with Crippen LogP contribution >= 0.6 is 0 Å². The lowest BCUT2D eigenvalue weighted by molar-refractivity contribution is 0.669. The van der Waals surface area contributed by atoms with Gasteiger partial charge in [0.2, 0.25) is 0 Å². The molecular formula is C39H23N3O. The lowest BCUT2D eigenvalue weighted by Crippen LogP contribution is -1.96. The molecule has 0 fully saturated rings. The first-order valence-electron chi connectivity index (χ1n) is 14.4. The van der Waals surface area contributed by atoms with Crippen molar-refractivity contribution in [2.24, 2.45) is 0 Å². The third kappa shape index (κ3) is 3.74. The minimum Gasteiger partial charge on any atom is -0.456 e. The van der Waals surface area contributed by atoms with Crippen molar-refractivity contribution < 1.29 is 4.42 Å². The number of nitrogens with zero attached hydrogens (tertiary/aromatic N) is 3. The summed E-state index contributed by atoms with van der Waals surface area (Å²) in [6, 6.07) is 47.8. The lowest BCUT2D eigenvalue weighted by Gasteiger charge is -2.14. The van der Waals surface area contributed by atoms with E-state index in [1.165, 1.54) is 0 Å². The molecule has 0 saturated carbocycles. The number of rotatable bonds is 3. The van der Waals surface area contributed by atoms with Crippen LogP contribution in [0.5, 0.6) is 0 Å². The molecule has 43 heavy (non-hydrogen) atoms. The highest BCUT2D eigenvalue weighted by atomic mass is 16.3. The summed E-state index contributed by atoms with van der Waals surface area (Å²) in [6.45, 7) is 0. The number of benzene rings is 6. The monoisotopic (exact) mass is 549 g/mol. The maximum Gasteiger partial charge on any atom is 0.160 e. The number of hydrogen-bond acceptors (Lipinski definition) is 4. The van der Waals surface area contributed by atoms with E-state index in [1.54, 1.807) is 0 Å². The van der Waals surface area contributed by atoms with Gasteiger partial charge in [0.15, 0.2) is 5.82 Å². The van der Waals surface area contributed by atoms with E-state index in [-0.39, 0.29) is 0 Å². The van der Waals surface area contributed by atoms with Crippen molar-refractivity contribution in [3.63, 3.8) is 0 Å². The Hall–Kier alpha value is -5.87. The van der Waals surface area contributed by atoms with Crippen LogP contribution in [0.4, 0.5) is 0 Å². The molecule has 6 aromatic carbocycles. The van der Waals surface area contributed by atoms with E-state index in [2.05, 4.69) is 91.0 Å². The number of furan rings is 1. The summed E-state index contributed by atoms with van der Waals surface area (Å²) in [5.74, 6) is 0.708. The fraction of sp³-hybridized carbons (Fsp3) is 0. The summed E-state index contributed by atoms with van der Waals surface area (Å²) in [6.07, 6.45) is 0. The van der Waals surface area contributed by atoms with Crippen LogP contribution in [-0.2, 0) is 0 Å². The SMILES string of the molecule is c1ccc(-c2nc(-c3ccc4nc(-c5ccccc5)c5ccc6oc7ccccc7c6c5c4c3)c3ccccc3n2)cc1. The molecule has 0 saturated heterocycles. The van der Waals surface area contributed by atoms with Gasteiger partial charge in [-0.2, -0.15) is 0 Å². The molecule has 3 heterocycles.